The fourth-order valence-electron chi connectivity index (χ4n) is 0.806. The number of hydrogen-bond acceptors (Lipinski definition) is 7. The largest absolute Gasteiger partial charge is 0.394 e. The van der Waals surface area contributed by atoms with E-state index >= 15 is 0 Å². The standard InChI is InChI=1S/C7H14O7/c8-1-3(10)5(12)7(14)6(13)4(11)2-9/h3,5-10,12-14H,1-2H2/t3-,5-,6-,7-/m0/s1. The van der Waals surface area contributed by atoms with Crippen molar-refractivity contribution in [2.45, 2.75) is 24.4 Å². The molecule has 0 aromatic rings. The van der Waals surface area contributed by atoms with Crippen molar-refractivity contribution in [1.29, 1.82) is 0 Å². The van der Waals surface area contributed by atoms with Gasteiger partial charge in [0.05, 0.1) is 6.61 Å². The summed E-state index contributed by atoms with van der Waals surface area (Å²) in [7, 11) is 0. The second-order valence-corrected chi connectivity index (χ2v) is 2.80. The van der Waals surface area contributed by atoms with E-state index in [4.69, 9.17) is 30.6 Å². The number of carbonyl (C=O) groups is 1. The van der Waals surface area contributed by atoms with Crippen LogP contribution >= 0.6 is 0 Å². The second-order valence-electron chi connectivity index (χ2n) is 2.80. The zero-order valence-electron chi connectivity index (χ0n) is 7.32. The zero-order valence-corrected chi connectivity index (χ0v) is 7.32. The fraction of sp³-hybridized carbons (Fsp3) is 0.857. The van der Waals surface area contributed by atoms with Crippen molar-refractivity contribution >= 4 is 5.78 Å². The molecule has 14 heavy (non-hydrogen) atoms. The topological polar surface area (TPSA) is 138 Å². The molecule has 0 aromatic heterocycles. The number of rotatable bonds is 6. The zero-order chi connectivity index (χ0) is 11.3. The van der Waals surface area contributed by atoms with Crippen LogP contribution in [0.2, 0.25) is 0 Å². The highest BCUT2D eigenvalue weighted by Gasteiger charge is 2.33. The first-order chi connectivity index (χ1) is 6.45. The van der Waals surface area contributed by atoms with Crippen LogP contribution in [0.5, 0.6) is 0 Å². The van der Waals surface area contributed by atoms with Crippen LogP contribution in [0, 0.1) is 0 Å². The molecule has 0 aliphatic heterocycles. The van der Waals surface area contributed by atoms with E-state index in [1.807, 2.05) is 0 Å². The van der Waals surface area contributed by atoms with Gasteiger partial charge in [-0.05, 0) is 0 Å². The molecule has 84 valence electrons. The first-order valence-electron chi connectivity index (χ1n) is 3.92. The first kappa shape index (κ1) is 13.4. The van der Waals surface area contributed by atoms with Crippen LogP contribution in [0.4, 0.5) is 0 Å². The Morgan fingerprint density at radius 1 is 1.00 bits per heavy atom. The molecule has 0 aromatic carbocycles. The SMILES string of the molecule is O=C(CO)[C@H](O)[C@@H](O)[C@@H](O)[C@@H](O)CO. The van der Waals surface area contributed by atoms with Gasteiger partial charge in [-0.1, -0.05) is 0 Å². The van der Waals surface area contributed by atoms with Crippen LogP contribution in [0.15, 0.2) is 0 Å². The molecule has 0 amide bonds. The Balaban J connectivity index is 4.30. The van der Waals surface area contributed by atoms with E-state index in [9.17, 15) is 4.79 Å². The summed E-state index contributed by atoms with van der Waals surface area (Å²) >= 11 is 0. The highest BCUT2D eigenvalue weighted by molar-refractivity contribution is 5.84. The highest BCUT2D eigenvalue weighted by atomic mass is 16.4. The Kier molecular flexibility index (Phi) is 5.77. The van der Waals surface area contributed by atoms with Crippen LogP contribution < -0.4 is 0 Å². The van der Waals surface area contributed by atoms with E-state index < -0.39 is 43.4 Å². The summed E-state index contributed by atoms with van der Waals surface area (Å²) in [5, 5.41) is 52.7. The number of hydrogen-bond donors (Lipinski definition) is 6. The summed E-state index contributed by atoms with van der Waals surface area (Å²) in [6.07, 6.45) is -7.45. The number of Topliss-reactive ketones (excluding diaryl/α,β-unsaturated/α-hetero) is 1. The van der Waals surface area contributed by atoms with Gasteiger partial charge in [0.25, 0.3) is 0 Å². The maximum Gasteiger partial charge on any atom is 0.189 e. The predicted octanol–water partition coefficient (Wildman–Crippen LogP) is -4.02. The summed E-state index contributed by atoms with van der Waals surface area (Å²) in [6.45, 7) is -1.81. The average Bonchev–Trinajstić information content (AvgIpc) is 2.23. The van der Waals surface area contributed by atoms with Gasteiger partial charge in [-0.3, -0.25) is 4.79 Å². The monoisotopic (exact) mass is 210 g/mol. The minimum atomic E-state index is -1.99. The summed E-state index contributed by atoms with van der Waals surface area (Å²) in [5.74, 6) is -1.08. The number of aliphatic hydroxyl groups excluding tert-OH is 6. The van der Waals surface area contributed by atoms with Crippen LogP contribution in [0.1, 0.15) is 0 Å². The van der Waals surface area contributed by atoms with Crippen molar-refractivity contribution in [2.75, 3.05) is 13.2 Å². The minimum Gasteiger partial charge on any atom is -0.394 e. The molecular weight excluding hydrogens is 196 g/mol. The first-order valence-corrected chi connectivity index (χ1v) is 3.92. The normalized spacial score (nSPS) is 19.9. The maximum absolute atomic E-state index is 10.7. The minimum absolute atomic E-state index is 0.821. The summed E-state index contributed by atoms with van der Waals surface area (Å²) in [6, 6.07) is 0. The molecule has 0 rings (SSSR count). The molecule has 0 aliphatic rings. The molecule has 0 saturated heterocycles. The summed E-state index contributed by atoms with van der Waals surface area (Å²) < 4.78 is 0. The van der Waals surface area contributed by atoms with Crippen molar-refractivity contribution in [2.24, 2.45) is 0 Å². The average molecular weight is 210 g/mol. The third-order valence-electron chi connectivity index (χ3n) is 1.74. The molecule has 0 bridgehead atoms. The molecule has 0 fully saturated rings. The Hall–Kier alpha value is -0.570. The highest BCUT2D eigenvalue weighted by Crippen LogP contribution is 2.05. The van der Waals surface area contributed by atoms with Gasteiger partial charge in [0.15, 0.2) is 5.78 Å². The van der Waals surface area contributed by atoms with Crippen molar-refractivity contribution in [3.8, 4) is 0 Å². The molecule has 0 spiro atoms. The molecule has 0 saturated carbocycles. The molecule has 7 heteroatoms. The Morgan fingerprint density at radius 3 is 1.86 bits per heavy atom. The number of aliphatic hydroxyl groups is 6. The molecule has 7 nitrogen and oxygen atoms in total. The number of ketones is 1. The quantitative estimate of drug-likeness (QED) is 0.262. The van der Waals surface area contributed by atoms with Crippen LogP contribution in [-0.4, -0.2) is 74.1 Å². The lowest BCUT2D eigenvalue weighted by Gasteiger charge is -2.24. The van der Waals surface area contributed by atoms with Gasteiger partial charge in [0.2, 0.25) is 0 Å². The molecule has 0 aliphatic carbocycles. The van der Waals surface area contributed by atoms with Crippen LogP contribution in [0.25, 0.3) is 0 Å². The van der Waals surface area contributed by atoms with E-state index in [2.05, 4.69) is 0 Å². The Labute approximate surface area is 79.9 Å². The van der Waals surface area contributed by atoms with E-state index in [0.29, 0.717) is 0 Å². The molecule has 0 radical (unpaired) electrons. The van der Waals surface area contributed by atoms with Gasteiger partial charge in [0, 0.05) is 0 Å². The summed E-state index contributed by atoms with van der Waals surface area (Å²) in [5.41, 5.74) is 0. The lowest BCUT2D eigenvalue weighted by Crippen LogP contribution is -2.49. The molecule has 6 N–H and O–H groups in total. The predicted molar refractivity (Wildman–Crippen MR) is 43.2 cm³/mol. The maximum atomic E-state index is 10.7. The van der Waals surface area contributed by atoms with Gasteiger partial charge in [-0.25, -0.2) is 0 Å². The van der Waals surface area contributed by atoms with Crippen molar-refractivity contribution in [1.82, 2.24) is 0 Å². The lowest BCUT2D eigenvalue weighted by molar-refractivity contribution is -0.149. The molecular formula is C7H14O7. The third kappa shape index (κ3) is 3.29. The molecule has 0 unspecified atom stereocenters. The van der Waals surface area contributed by atoms with Gasteiger partial charge in [-0.15, -0.1) is 0 Å². The van der Waals surface area contributed by atoms with Gasteiger partial charge < -0.3 is 30.6 Å². The van der Waals surface area contributed by atoms with E-state index in [1.165, 1.54) is 0 Å². The Morgan fingerprint density at radius 2 is 1.50 bits per heavy atom. The van der Waals surface area contributed by atoms with Crippen molar-refractivity contribution < 1.29 is 35.4 Å². The van der Waals surface area contributed by atoms with Crippen LogP contribution in [0.3, 0.4) is 0 Å². The van der Waals surface area contributed by atoms with E-state index in [1.54, 1.807) is 0 Å². The second kappa shape index (κ2) is 6.02. The smallest absolute Gasteiger partial charge is 0.189 e. The van der Waals surface area contributed by atoms with Crippen LogP contribution in [-0.2, 0) is 4.79 Å². The van der Waals surface area contributed by atoms with Crippen molar-refractivity contribution in [3.05, 3.63) is 0 Å². The van der Waals surface area contributed by atoms with Crippen molar-refractivity contribution in [3.63, 3.8) is 0 Å². The summed E-state index contributed by atoms with van der Waals surface area (Å²) in [4.78, 5) is 10.7. The van der Waals surface area contributed by atoms with E-state index in [0.717, 1.165) is 0 Å². The van der Waals surface area contributed by atoms with Gasteiger partial charge >= 0.3 is 0 Å². The number of carbonyl (C=O) groups excluding carboxylic acids is 1. The van der Waals surface area contributed by atoms with Gasteiger partial charge in [0.1, 0.15) is 31.0 Å². The lowest BCUT2D eigenvalue weighted by atomic mass is 10.0. The Bertz CT molecular complexity index is 183. The van der Waals surface area contributed by atoms with E-state index in [-0.39, 0.29) is 0 Å². The fourth-order valence-corrected chi connectivity index (χ4v) is 0.806. The van der Waals surface area contributed by atoms with Gasteiger partial charge in [-0.2, -0.15) is 0 Å². The third-order valence-corrected chi connectivity index (χ3v) is 1.74. The molecule has 0 heterocycles. The molecule has 4 atom stereocenters.